The minimum atomic E-state index is -0.578. The third-order valence-corrected chi connectivity index (χ3v) is 7.91. The molecule has 2 bridgehead atoms. The average Bonchev–Trinajstić information content (AvgIpc) is 3.40. The number of likely N-dealkylation sites (tertiary alicyclic amines) is 1. The number of hydrogen-bond donors (Lipinski definition) is 1. The van der Waals surface area contributed by atoms with E-state index in [9.17, 15) is 14.4 Å². The van der Waals surface area contributed by atoms with Gasteiger partial charge in [0, 0.05) is 58.0 Å². The molecule has 2 aliphatic heterocycles. The van der Waals surface area contributed by atoms with E-state index in [0.29, 0.717) is 32.5 Å². The standard InChI is InChI=1S/C32H45N5O4/c1-24(2)19-30(38)36-18-8-17-35(21-25-10-12-26(13-11-25)28-9-4-5-14-33-28)16-7-6-15-34-32(40)29-20-27(36)22-37(29)31(39)23-41-3/h4-5,9-14,24,27,29H,6-8,15-23H2,1-3H3,(H,34,40)/t27-,29-/m0/s1. The van der Waals surface area contributed by atoms with Gasteiger partial charge in [-0.15, -0.1) is 0 Å². The predicted molar refractivity (Wildman–Crippen MR) is 159 cm³/mol. The van der Waals surface area contributed by atoms with Crippen molar-refractivity contribution in [3.05, 3.63) is 54.2 Å². The van der Waals surface area contributed by atoms with Crippen molar-refractivity contribution >= 4 is 17.7 Å². The van der Waals surface area contributed by atoms with Gasteiger partial charge in [-0.1, -0.05) is 44.2 Å². The van der Waals surface area contributed by atoms with Crippen LogP contribution in [-0.4, -0.2) is 95.9 Å². The molecular formula is C32H45N5O4. The Morgan fingerprint density at radius 2 is 1.78 bits per heavy atom. The van der Waals surface area contributed by atoms with Crippen LogP contribution in [0.2, 0.25) is 0 Å². The van der Waals surface area contributed by atoms with Gasteiger partial charge in [-0.25, -0.2) is 0 Å². The largest absolute Gasteiger partial charge is 0.375 e. The van der Waals surface area contributed by atoms with E-state index in [-0.39, 0.29) is 36.3 Å². The summed E-state index contributed by atoms with van der Waals surface area (Å²) in [7, 11) is 1.48. The van der Waals surface area contributed by atoms with Crippen molar-refractivity contribution in [2.24, 2.45) is 5.92 Å². The summed E-state index contributed by atoms with van der Waals surface area (Å²) in [6.07, 6.45) is 5.35. The van der Waals surface area contributed by atoms with Gasteiger partial charge in [0.1, 0.15) is 12.6 Å². The molecule has 2 saturated heterocycles. The highest BCUT2D eigenvalue weighted by Gasteiger charge is 2.42. The maximum absolute atomic E-state index is 13.4. The van der Waals surface area contributed by atoms with Gasteiger partial charge in [0.25, 0.3) is 0 Å². The lowest BCUT2D eigenvalue weighted by molar-refractivity contribution is -0.141. The van der Waals surface area contributed by atoms with Gasteiger partial charge in [-0.3, -0.25) is 24.3 Å². The van der Waals surface area contributed by atoms with Crippen molar-refractivity contribution in [3.63, 3.8) is 0 Å². The van der Waals surface area contributed by atoms with Crippen molar-refractivity contribution in [1.82, 2.24) is 25.0 Å². The Hall–Kier alpha value is -3.30. The maximum atomic E-state index is 13.4. The minimum absolute atomic E-state index is 0.0752. The fourth-order valence-electron chi connectivity index (χ4n) is 5.84. The van der Waals surface area contributed by atoms with Crippen LogP contribution in [0.3, 0.4) is 0 Å². The fourth-order valence-corrected chi connectivity index (χ4v) is 5.84. The molecule has 2 aliphatic rings. The van der Waals surface area contributed by atoms with E-state index >= 15 is 0 Å². The van der Waals surface area contributed by atoms with Crippen LogP contribution in [0, 0.1) is 5.92 Å². The van der Waals surface area contributed by atoms with E-state index in [2.05, 4.69) is 39.5 Å². The summed E-state index contributed by atoms with van der Waals surface area (Å²) in [6, 6.07) is 13.7. The Morgan fingerprint density at radius 1 is 1.00 bits per heavy atom. The van der Waals surface area contributed by atoms with Gasteiger partial charge >= 0.3 is 0 Å². The van der Waals surface area contributed by atoms with E-state index in [1.54, 1.807) is 4.90 Å². The first-order valence-corrected chi connectivity index (χ1v) is 14.9. The van der Waals surface area contributed by atoms with Gasteiger partial charge in [0.2, 0.25) is 17.7 Å². The Bertz CT molecular complexity index is 1140. The molecule has 41 heavy (non-hydrogen) atoms. The number of nitrogens with zero attached hydrogens (tertiary/aromatic N) is 4. The molecule has 0 aliphatic carbocycles. The molecule has 0 spiro atoms. The van der Waals surface area contributed by atoms with Gasteiger partial charge in [0.05, 0.1) is 11.7 Å². The van der Waals surface area contributed by atoms with E-state index < -0.39 is 6.04 Å². The number of pyridine rings is 1. The molecule has 9 nitrogen and oxygen atoms in total. The number of hydrogen-bond acceptors (Lipinski definition) is 6. The SMILES string of the molecule is COCC(=O)N1C[C@@H]2C[C@H]1C(=O)NCCCCN(Cc1ccc(-c3ccccn3)cc1)CCCN2C(=O)CC(C)C. The number of amides is 3. The Morgan fingerprint density at radius 3 is 2.49 bits per heavy atom. The zero-order valence-corrected chi connectivity index (χ0v) is 24.8. The quantitative estimate of drug-likeness (QED) is 0.555. The number of ether oxygens (including phenoxy) is 1. The lowest BCUT2D eigenvalue weighted by Gasteiger charge is -2.31. The van der Waals surface area contributed by atoms with Crippen molar-refractivity contribution in [1.29, 1.82) is 0 Å². The van der Waals surface area contributed by atoms with Crippen LogP contribution in [0.5, 0.6) is 0 Å². The molecule has 0 radical (unpaired) electrons. The number of carbonyl (C=O) groups excluding carboxylic acids is 3. The Labute approximate surface area is 244 Å². The highest BCUT2D eigenvalue weighted by atomic mass is 16.5. The molecule has 4 rings (SSSR count). The van der Waals surface area contributed by atoms with Crippen molar-refractivity contribution < 1.29 is 19.1 Å². The predicted octanol–water partition coefficient (Wildman–Crippen LogP) is 3.34. The zero-order valence-electron chi connectivity index (χ0n) is 24.8. The van der Waals surface area contributed by atoms with E-state index in [4.69, 9.17) is 4.74 Å². The van der Waals surface area contributed by atoms with Gasteiger partial charge in [-0.2, -0.15) is 0 Å². The van der Waals surface area contributed by atoms with Crippen LogP contribution in [0.1, 0.15) is 51.5 Å². The number of methoxy groups -OCH3 is 1. The summed E-state index contributed by atoms with van der Waals surface area (Å²) in [5.74, 6) is -0.0343. The normalized spacial score (nSPS) is 21.0. The second-order valence-electron chi connectivity index (χ2n) is 11.6. The zero-order chi connectivity index (χ0) is 29.2. The molecular weight excluding hydrogens is 518 g/mol. The molecule has 2 fully saturated rings. The summed E-state index contributed by atoms with van der Waals surface area (Å²) in [5.41, 5.74) is 3.29. The lowest BCUT2D eigenvalue weighted by Crippen LogP contribution is -2.47. The van der Waals surface area contributed by atoms with Crippen LogP contribution >= 0.6 is 0 Å². The minimum Gasteiger partial charge on any atom is -0.375 e. The highest BCUT2D eigenvalue weighted by Crippen LogP contribution is 2.25. The second kappa shape index (κ2) is 15.1. The second-order valence-corrected chi connectivity index (χ2v) is 11.6. The van der Waals surface area contributed by atoms with E-state index in [1.807, 2.05) is 43.1 Å². The molecule has 1 N–H and O–H groups in total. The summed E-state index contributed by atoms with van der Waals surface area (Å²) in [5, 5.41) is 3.05. The Balaban J connectivity index is 1.48. The molecule has 1 aromatic carbocycles. The van der Waals surface area contributed by atoms with Crippen molar-refractivity contribution in [2.75, 3.05) is 46.4 Å². The number of fused-ring (bicyclic) bond motifs is 2. The molecule has 0 saturated carbocycles. The Kier molecular flexibility index (Phi) is 11.3. The molecule has 2 atom stereocenters. The monoisotopic (exact) mass is 563 g/mol. The first kappa shape index (κ1) is 30.7. The summed E-state index contributed by atoms with van der Waals surface area (Å²) >= 11 is 0. The van der Waals surface area contributed by atoms with Crippen LogP contribution in [0.15, 0.2) is 48.7 Å². The van der Waals surface area contributed by atoms with Crippen molar-refractivity contribution in [3.8, 4) is 11.3 Å². The third-order valence-electron chi connectivity index (χ3n) is 7.91. The van der Waals surface area contributed by atoms with Crippen LogP contribution in [0.25, 0.3) is 11.3 Å². The number of carbonyl (C=O) groups is 3. The summed E-state index contributed by atoms with van der Waals surface area (Å²) in [6.45, 7) is 8.13. The van der Waals surface area contributed by atoms with Crippen LogP contribution < -0.4 is 5.32 Å². The third kappa shape index (κ3) is 8.60. The smallest absolute Gasteiger partial charge is 0.249 e. The topological polar surface area (TPSA) is 95.1 Å². The number of benzene rings is 1. The van der Waals surface area contributed by atoms with E-state index in [1.165, 1.54) is 12.7 Å². The molecule has 3 amide bonds. The average molecular weight is 564 g/mol. The maximum Gasteiger partial charge on any atom is 0.249 e. The fraction of sp³-hybridized carbons (Fsp3) is 0.562. The molecule has 222 valence electrons. The molecule has 3 heterocycles. The molecule has 0 unspecified atom stereocenters. The number of aromatic nitrogens is 1. The van der Waals surface area contributed by atoms with Crippen LogP contribution in [0.4, 0.5) is 0 Å². The number of rotatable bonds is 7. The van der Waals surface area contributed by atoms with Gasteiger partial charge in [0.15, 0.2) is 0 Å². The van der Waals surface area contributed by atoms with E-state index in [0.717, 1.165) is 50.2 Å². The first-order valence-electron chi connectivity index (χ1n) is 14.9. The molecule has 2 aromatic rings. The summed E-state index contributed by atoms with van der Waals surface area (Å²) in [4.78, 5) is 49.9. The number of nitrogens with one attached hydrogen (secondary N) is 1. The van der Waals surface area contributed by atoms with Gasteiger partial charge in [-0.05, 0) is 55.8 Å². The highest BCUT2D eigenvalue weighted by molar-refractivity contribution is 5.89. The van der Waals surface area contributed by atoms with Crippen LogP contribution in [-0.2, 0) is 25.7 Å². The first-order chi connectivity index (χ1) is 19.9. The van der Waals surface area contributed by atoms with Crippen molar-refractivity contribution in [2.45, 2.75) is 64.6 Å². The summed E-state index contributed by atoms with van der Waals surface area (Å²) < 4.78 is 5.09. The molecule has 1 aromatic heterocycles. The lowest BCUT2D eigenvalue weighted by atomic mass is 10.1. The molecule has 9 heteroatoms. The van der Waals surface area contributed by atoms with Gasteiger partial charge < -0.3 is 19.9 Å².